The number of hydrogen-bond acceptors (Lipinski definition) is 7. The first kappa shape index (κ1) is 34.8. The van der Waals surface area contributed by atoms with E-state index in [0.717, 1.165) is 69.3 Å². The summed E-state index contributed by atoms with van der Waals surface area (Å²) in [7, 11) is 0. The number of nitrogens with one attached hydrogen (secondary N) is 1. The quantitative estimate of drug-likeness (QED) is 0.304. The Bertz CT molecular complexity index is 1380. The lowest BCUT2D eigenvalue weighted by molar-refractivity contribution is -0.273. The van der Waals surface area contributed by atoms with Crippen LogP contribution in [0.3, 0.4) is 0 Å². The molecule has 2 aliphatic heterocycles. The molecule has 276 valence electrons. The molecule has 1 aromatic rings. The number of amides is 2. The predicted octanol–water partition coefficient (Wildman–Crippen LogP) is 7.79. The number of carbonyl (C=O) groups excluding carboxylic acids is 2. The van der Waals surface area contributed by atoms with Gasteiger partial charge in [-0.05, 0) is 117 Å². The van der Waals surface area contributed by atoms with E-state index in [1.165, 1.54) is 70.0 Å². The number of fused-ring (bicyclic) bond motifs is 7. The molecule has 1 spiro atoms. The van der Waals surface area contributed by atoms with Gasteiger partial charge in [-0.25, -0.2) is 14.6 Å². The lowest BCUT2D eigenvalue weighted by Gasteiger charge is -2.61. The molecule has 5 aliphatic carbocycles. The standard InChI is InChI=1S/C41H62N4O5/c1-26-12-17-41(49-25-26)27(2)36-35(50-41)23-33-31-11-10-28-22-29(13-15-39(28,3)32(31)14-16-40(33,36)4)44-38(47)45(30-8-6-5-7-9-30)20-21-48-37(46)34-24-42-18-19-43-34/h18-19,24,26-33,35-36H,5-17,20-23,25H2,1-4H3,(H,44,47)/t26-,27-,28+,29+,31+,32?,33-,35-,36-,39-,40-,41+/m0/s1. The number of urea groups is 1. The van der Waals surface area contributed by atoms with Crippen LogP contribution in [0.4, 0.5) is 4.79 Å². The smallest absolute Gasteiger partial charge is 0.358 e. The van der Waals surface area contributed by atoms with Gasteiger partial charge in [0.1, 0.15) is 6.61 Å². The van der Waals surface area contributed by atoms with Crippen molar-refractivity contribution in [2.45, 2.75) is 148 Å². The highest BCUT2D eigenvalue weighted by atomic mass is 16.7. The maximum Gasteiger partial charge on any atom is 0.358 e. The van der Waals surface area contributed by atoms with E-state index in [2.05, 4.69) is 43.0 Å². The molecule has 9 heteroatoms. The van der Waals surface area contributed by atoms with Crippen molar-refractivity contribution in [3.8, 4) is 0 Å². The Hall–Kier alpha value is -2.26. The fourth-order valence-electron chi connectivity index (χ4n) is 13.2. The molecule has 12 atom stereocenters. The minimum absolute atomic E-state index is 0.0176. The topological polar surface area (TPSA) is 103 Å². The number of aromatic nitrogens is 2. The van der Waals surface area contributed by atoms with Gasteiger partial charge in [0.15, 0.2) is 11.5 Å². The zero-order valence-corrected chi connectivity index (χ0v) is 31.1. The number of ether oxygens (including phenoxy) is 3. The van der Waals surface area contributed by atoms with Crippen LogP contribution in [0.2, 0.25) is 0 Å². The van der Waals surface area contributed by atoms with E-state index in [9.17, 15) is 9.59 Å². The fourth-order valence-corrected chi connectivity index (χ4v) is 13.2. The number of nitrogens with zero attached hydrogens (tertiary/aromatic N) is 3. The number of carbonyl (C=O) groups is 2. The monoisotopic (exact) mass is 690 g/mol. The van der Waals surface area contributed by atoms with Crippen LogP contribution in [0.25, 0.3) is 0 Å². The summed E-state index contributed by atoms with van der Waals surface area (Å²) in [6, 6.07) is 0.415. The highest BCUT2D eigenvalue weighted by Gasteiger charge is 2.69. The third-order valence-corrected chi connectivity index (χ3v) is 15.9. The van der Waals surface area contributed by atoms with Crippen molar-refractivity contribution >= 4 is 12.0 Å². The summed E-state index contributed by atoms with van der Waals surface area (Å²) in [5.41, 5.74) is 0.887. The molecular weight excluding hydrogens is 628 g/mol. The van der Waals surface area contributed by atoms with Crippen LogP contribution in [-0.4, -0.2) is 70.6 Å². The molecule has 9 nitrogen and oxygen atoms in total. The van der Waals surface area contributed by atoms with E-state index in [1.54, 1.807) is 0 Å². The van der Waals surface area contributed by atoms with Gasteiger partial charge in [-0.3, -0.25) is 4.98 Å². The fraction of sp³-hybridized carbons (Fsp3) is 0.854. The summed E-state index contributed by atoms with van der Waals surface area (Å²) in [6.07, 6.45) is 22.4. The second-order valence-electron chi connectivity index (χ2n) is 18.3. The average Bonchev–Trinajstić information content (AvgIpc) is 3.57. The van der Waals surface area contributed by atoms with E-state index in [1.807, 2.05) is 4.90 Å². The maximum absolute atomic E-state index is 14.0. The molecule has 1 aromatic heterocycles. The first-order chi connectivity index (χ1) is 24.1. The summed E-state index contributed by atoms with van der Waals surface area (Å²) >= 11 is 0. The van der Waals surface area contributed by atoms with Crippen LogP contribution in [0.15, 0.2) is 18.6 Å². The molecule has 8 rings (SSSR count). The molecule has 2 amide bonds. The van der Waals surface area contributed by atoms with Crippen molar-refractivity contribution < 1.29 is 23.8 Å². The Labute approximate surface area is 299 Å². The van der Waals surface area contributed by atoms with Gasteiger partial charge in [-0.2, -0.15) is 0 Å². The predicted molar refractivity (Wildman–Crippen MR) is 190 cm³/mol. The molecule has 50 heavy (non-hydrogen) atoms. The van der Waals surface area contributed by atoms with Gasteiger partial charge in [0, 0.05) is 36.8 Å². The summed E-state index contributed by atoms with van der Waals surface area (Å²) in [5, 5.41) is 3.51. The van der Waals surface area contributed by atoms with Crippen molar-refractivity contribution in [2.24, 2.45) is 52.3 Å². The number of esters is 1. The number of rotatable bonds is 6. The molecule has 1 N–H and O–H groups in total. The molecule has 2 saturated heterocycles. The Kier molecular flexibility index (Phi) is 9.48. The third-order valence-electron chi connectivity index (χ3n) is 15.9. The lowest BCUT2D eigenvalue weighted by atomic mass is 9.44. The molecule has 1 unspecified atom stereocenters. The highest BCUT2D eigenvalue weighted by molar-refractivity contribution is 5.86. The second kappa shape index (κ2) is 13.6. The Morgan fingerprint density at radius 1 is 0.940 bits per heavy atom. The van der Waals surface area contributed by atoms with E-state index in [-0.39, 0.29) is 36.2 Å². The van der Waals surface area contributed by atoms with Crippen molar-refractivity contribution in [3.63, 3.8) is 0 Å². The van der Waals surface area contributed by atoms with Gasteiger partial charge >= 0.3 is 12.0 Å². The van der Waals surface area contributed by atoms with Gasteiger partial charge in [-0.1, -0.05) is 47.0 Å². The second-order valence-corrected chi connectivity index (χ2v) is 18.3. The minimum atomic E-state index is -0.494. The Morgan fingerprint density at radius 3 is 2.52 bits per heavy atom. The summed E-state index contributed by atoms with van der Waals surface area (Å²) in [5.74, 6) is 3.85. The van der Waals surface area contributed by atoms with Gasteiger partial charge in [0.25, 0.3) is 0 Å². The summed E-state index contributed by atoms with van der Waals surface area (Å²) in [6.45, 7) is 11.4. The Morgan fingerprint density at radius 2 is 1.76 bits per heavy atom. The van der Waals surface area contributed by atoms with Crippen molar-refractivity contribution in [3.05, 3.63) is 24.3 Å². The van der Waals surface area contributed by atoms with Crippen LogP contribution >= 0.6 is 0 Å². The van der Waals surface area contributed by atoms with E-state index in [0.29, 0.717) is 47.2 Å². The molecule has 0 aromatic carbocycles. The van der Waals surface area contributed by atoms with Crippen LogP contribution in [0, 0.1) is 52.3 Å². The highest BCUT2D eigenvalue weighted by Crippen LogP contribution is 2.71. The molecule has 5 saturated carbocycles. The minimum Gasteiger partial charge on any atom is -0.459 e. The zero-order valence-electron chi connectivity index (χ0n) is 31.1. The van der Waals surface area contributed by atoms with Gasteiger partial charge in [0.05, 0.1) is 25.5 Å². The van der Waals surface area contributed by atoms with Crippen LogP contribution in [0.1, 0.15) is 134 Å². The molecule has 3 heterocycles. The lowest BCUT2D eigenvalue weighted by Crippen LogP contribution is -2.57. The van der Waals surface area contributed by atoms with Gasteiger partial charge in [-0.15, -0.1) is 0 Å². The van der Waals surface area contributed by atoms with Gasteiger partial charge in [0.2, 0.25) is 0 Å². The van der Waals surface area contributed by atoms with Crippen molar-refractivity contribution in [1.29, 1.82) is 0 Å². The first-order valence-corrected chi connectivity index (χ1v) is 20.4. The van der Waals surface area contributed by atoms with E-state index in [4.69, 9.17) is 14.2 Å². The molecular formula is C41H62N4O5. The van der Waals surface area contributed by atoms with Crippen molar-refractivity contribution in [2.75, 3.05) is 19.8 Å². The van der Waals surface area contributed by atoms with Gasteiger partial charge < -0.3 is 24.4 Å². The van der Waals surface area contributed by atoms with E-state index >= 15 is 0 Å². The first-order valence-electron chi connectivity index (χ1n) is 20.4. The molecule has 7 aliphatic rings. The normalized spacial score (nSPS) is 44.0. The number of hydrogen-bond donors (Lipinski definition) is 1. The largest absolute Gasteiger partial charge is 0.459 e. The Balaban J connectivity index is 0.893. The summed E-state index contributed by atoms with van der Waals surface area (Å²) < 4.78 is 19.1. The molecule has 0 bridgehead atoms. The van der Waals surface area contributed by atoms with Crippen LogP contribution in [-0.2, 0) is 14.2 Å². The van der Waals surface area contributed by atoms with Crippen LogP contribution < -0.4 is 5.32 Å². The molecule has 7 fully saturated rings. The maximum atomic E-state index is 14.0. The van der Waals surface area contributed by atoms with E-state index < -0.39 is 5.97 Å². The average molecular weight is 691 g/mol. The van der Waals surface area contributed by atoms with Crippen LogP contribution in [0.5, 0.6) is 0 Å². The van der Waals surface area contributed by atoms with Crippen molar-refractivity contribution in [1.82, 2.24) is 20.2 Å². The SMILES string of the molecule is C[C@H]1CC[C@@]2(OC1)O[C@H]1C[C@H]3[C@@H]4CC[C@@H]5C[C@H](NC(=O)N(CCOC(=O)c6cnccn6)C6CCCCC6)CC[C@]5(C)C4CC[C@]3(C)[C@H]1[C@@H]2C. The summed E-state index contributed by atoms with van der Waals surface area (Å²) in [4.78, 5) is 36.5. The zero-order chi connectivity index (χ0) is 34.7. The third kappa shape index (κ3) is 5.98. The molecule has 0 radical (unpaired) electrons.